The van der Waals surface area contributed by atoms with Gasteiger partial charge in [-0.25, -0.2) is 22.0 Å². The average Bonchev–Trinajstić information content (AvgIpc) is 2.63. The van der Waals surface area contributed by atoms with Gasteiger partial charge in [-0.15, -0.1) is 0 Å². The molecule has 0 saturated heterocycles. The van der Waals surface area contributed by atoms with Crippen LogP contribution in [0.1, 0.15) is 55.2 Å². The maximum Gasteiger partial charge on any atom is 0.200 e. The summed E-state index contributed by atoms with van der Waals surface area (Å²) in [5.41, 5.74) is 1.08. The number of hydrogen-bond donors (Lipinski definition) is 0. The van der Waals surface area contributed by atoms with E-state index in [-0.39, 0.29) is 18.8 Å². The van der Waals surface area contributed by atoms with Gasteiger partial charge in [-0.2, -0.15) is 0 Å². The van der Waals surface area contributed by atoms with Crippen molar-refractivity contribution < 1.29 is 26.7 Å². The van der Waals surface area contributed by atoms with Crippen LogP contribution in [0.25, 0.3) is 0 Å². The van der Waals surface area contributed by atoms with Crippen LogP contribution in [0.15, 0.2) is 18.2 Å². The number of methoxy groups -OCH3 is 1. The molecule has 0 heterocycles. The van der Waals surface area contributed by atoms with Gasteiger partial charge in [0.1, 0.15) is 5.75 Å². The molecule has 2 rings (SSSR count). The zero-order chi connectivity index (χ0) is 19.6. The highest BCUT2D eigenvalue weighted by molar-refractivity contribution is 5.38. The van der Waals surface area contributed by atoms with Gasteiger partial charge in [-0.3, -0.25) is 0 Å². The molecular weight excluding hydrogens is 351 g/mol. The quantitative estimate of drug-likeness (QED) is 0.324. The monoisotopic (exact) mass is 372 g/mol. The van der Waals surface area contributed by atoms with Crippen molar-refractivity contribution in [2.45, 2.75) is 45.4 Å². The molecule has 2 unspecified atom stereocenters. The highest BCUT2D eigenvalue weighted by Crippen LogP contribution is 2.37. The number of aryl methyl sites for hydroxylation is 1. The van der Waals surface area contributed by atoms with E-state index in [1.807, 2.05) is 26.0 Å². The number of ether oxygens (including phenoxy) is 1. The Kier molecular flexibility index (Phi) is 6.26. The Morgan fingerprint density at radius 1 is 0.923 bits per heavy atom. The minimum atomic E-state index is -2.13. The molecule has 0 bridgehead atoms. The molecule has 0 radical (unpaired) electrons. The zero-order valence-electron chi connectivity index (χ0n) is 15.1. The highest BCUT2D eigenvalue weighted by Gasteiger charge is 2.30. The minimum absolute atomic E-state index is 0.139. The van der Waals surface area contributed by atoms with Crippen LogP contribution in [0, 0.1) is 36.0 Å². The van der Waals surface area contributed by atoms with Gasteiger partial charge in [-0.05, 0) is 48.8 Å². The topological polar surface area (TPSA) is 9.23 Å². The normalized spacial score (nSPS) is 13.6. The summed E-state index contributed by atoms with van der Waals surface area (Å²) in [6.07, 6.45) is 0.498. The first-order chi connectivity index (χ1) is 12.2. The second-order valence-corrected chi connectivity index (χ2v) is 6.45. The number of rotatable bonds is 6. The van der Waals surface area contributed by atoms with Crippen molar-refractivity contribution in [1.82, 2.24) is 0 Å². The first-order valence-corrected chi connectivity index (χ1v) is 8.38. The van der Waals surface area contributed by atoms with E-state index >= 15 is 0 Å². The van der Waals surface area contributed by atoms with E-state index in [1.165, 1.54) is 0 Å². The molecule has 142 valence electrons. The third-order valence-electron chi connectivity index (χ3n) is 4.77. The second-order valence-electron chi connectivity index (χ2n) is 6.45. The summed E-state index contributed by atoms with van der Waals surface area (Å²) in [7, 11) is 1.56. The van der Waals surface area contributed by atoms with Gasteiger partial charge < -0.3 is 4.74 Å². The largest absolute Gasteiger partial charge is 0.496 e. The number of hydrogen-bond acceptors (Lipinski definition) is 1. The molecule has 0 spiro atoms. The fourth-order valence-corrected chi connectivity index (χ4v) is 3.24. The summed E-state index contributed by atoms with van der Waals surface area (Å²) in [6, 6.07) is 5.52. The predicted octanol–water partition coefficient (Wildman–Crippen LogP) is 6.39. The molecule has 0 saturated carbocycles. The minimum Gasteiger partial charge on any atom is -0.496 e. The lowest BCUT2D eigenvalue weighted by molar-refractivity contribution is 0.357. The van der Waals surface area contributed by atoms with Crippen molar-refractivity contribution in [3.8, 4) is 5.75 Å². The van der Waals surface area contributed by atoms with Crippen molar-refractivity contribution in [1.29, 1.82) is 0 Å². The van der Waals surface area contributed by atoms with Gasteiger partial charge in [0.15, 0.2) is 23.3 Å². The van der Waals surface area contributed by atoms with E-state index in [9.17, 15) is 22.0 Å². The van der Waals surface area contributed by atoms with Crippen molar-refractivity contribution in [2.24, 2.45) is 0 Å². The predicted molar refractivity (Wildman–Crippen MR) is 90.0 cm³/mol. The first-order valence-electron chi connectivity index (χ1n) is 8.38. The number of benzene rings is 2. The molecule has 26 heavy (non-hydrogen) atoms. The fourth-order valence-electron chi connectivity index (χ4n) is 3.24. The highest BCUT2D eigenvalue weighted by atomic mass is 19.2. The van der Waals surface area contributed by atoms with Crippen molar-refractivity contribution in [3.05, 3.63) is 64.0 Å². The Morgan fingerprint density at radius 2 is 1.46 bits per heavy atom. The Balaban J connectivity index is 2.37. The Labute approximate surface area is 149 Å². The lowest BCUT2D eigenvalue weighted by atomic mass is 9.83. The van der Waals surface area contributed by atoms with Gasteiger partial charge in [0.2, 0.25) is 5.82 Å². The molecule has 0 aliphatic carbocycles. The molecule has 0 fully saturated rings. The van der Waals surface area contributed by atoms with E-state index in [1.54, 1.807) is 20.1 Å². The van der Waals surface area contributed by atoms with Crippen LogP contribution in [0.5, 0.6) is 5.75 Å². The maximum absolute atomic E-state index is 14.1. The van der Waals surface area contributed by atoms with Crippen LogP contribution in [0.3, 0.4) is 0 Å². The maximum atomic E-state index is 14.1. The van der Waals surface area contributed by atoms with E-state index in [4.69, 9.17) is 4.74 Å². The molecule has 0 N–H and O–H groups in total. The SMILES string of the molecule is CCC(CC(C)c1ccc(OC)c(C)c1)c1c(F)c(F)c(F)c(F)c1F. The molecule has 0 aliphatic heterocycles. The zero-order valence-corrected chi connectivity index (χ0v) is 15.1. The molecule has 6 heteroatoms. The van der Waals surface area contributed by atoms with Gasteiger partial charge in [-0.1, -0.05) is 26.0 Å². The molecule has 1 nitrogen and oxygen atoms in total. The second kappa shape index (κ2) is 8.06. The van der Waals surface area contributed by atoms with Crippen molar-refractivity contribution in [3.63, 3.8) is 0 Å². The van der Waals surface area contributed by atoms with Crippen molar-refractivity contribution in [2.75, 3.05) is 7.11 Å². The van der Waals surface area contributed by atoms with Crippen LogP contribution < -0.4 is 4.74 Å². The molecule has 2 atom stereocenters. The van der Waals surface area contributed by atoms with Gasteiger partial charge in [0.25, 0.3) is 0 Å². The average molecular weight is 372 g/mol. The van der Waals surface area contributed by atoms with Gasteiger partial charge in [0, 0.05) is 5.56 Å². The summed E-state index contributed by atoms with van der Waals surface area (Å²) in [5.74, 6) is -9.63. The van der Waals surface area contributed by atoms with E-state index in [0.717, 1.165) is 11.1 Å². The Hall–Kier alpha value is -2.11. The third-order valence-corrected chi connectivity index (χ3v) is 4.77. The molecular formula is C20H21F5O. The van der Waals surface area contributed by atoms with Gasteiger partial charge >= 0.3 is 0 Å². The Bertz CT molecular complexity index is 774. The summed E-state index contributed by atoms with van der Waals surface area (Å²) in [5, 5.41) is 0. The van der Waals surface area contributed by atoms with E-state index < -0.39 is 40.6 Å². The lowest BCUT2D eigenvalue weighted by Crippen LogP contribution is -2.13. The smallest absolute Gasteiger partial charge is 0.200 e. The lowest BCUT2D eigenvalue weighted by Gasteiger charge is -2.22. The molecule has 0 aliphatic rings. The summed E-state index contributed by atoms with van der Waals surface area (Å²) in [6.45, 7) is 5.39. The van der Waals surface area contributed by atoms with Crippen LogP contribution in [0.2, 0.25) is 0 Å². The van der Waals surface area contributed by atoms with Crippen LogP contribution >= 0.6 is 0 Å². The standard InChI is InChI=1S/C20H21F5O/c1-5-12(15-16(21)18(23)20(25)19(24)17(15)22)8-10(2)13-6-7-14(26-4)11(3)9-13/h6-7,9-10,12H,5,8H2,1-4H3. The van der Waals surface area contributed by atoms with Crippen molar-refractivity contribution >= 4 is 0 Å². The molecule has 0 amide bonds. The van der Waals surface area contributed by atoms with Crippen LogP contribution in [-0.4, -0.2) is 7.11 Å². The van der Waals surface area contributed by atoms with Gasteiger partial charge in [0.05, 0.1) is 7.11 Å². The summed E-state index contributed by atoms with van der Waals surface area (Å²) < 4.78 is 73.7. The summed E-state index contributed by atoms with van der Waals surface area (Å²) >= 11 is 0. The summed E-state index contributed by atoms with van der Waals surface area (Å²) in [4.78, 5) is 0. The first kappa shape index (κ1) is 20.2. The van der Waals surface area contributed by atoms with Crippen LogP contribution in [-0.2, 0) is 0 Å². The molecule has 2 aromatic rings. The fraction of sp³-hybridized carbons (Fsp3) is 0.400. The van der Waals surface area contributed by atoms with E-state index in [2.05, 4.69) is 0 Å². The molecule has 2 aromatic carbocycles. The number of halogens is 5. The van der Waals surface area contributed by atoms with E-state index in [0.29, 0.717) is 5.75 Å². The third kappa shape index (κ3) is 3.69. The van der Waals surface area contributed by atoms with Crippen LogP contribution in [0.4, 0.5) is 22.0 Å². The Morgan fingerprint density at radius 3 is 1.92 bits per heavy atom. The molecule has 0 aromatic heterocycles.